The average molecular weight is 416 g/mol. The van der Waals surface area contributed by atoms with Gasteiger partial charge in [-0.15, -0.1) is 0 Å². The molecule has 2 heterocycles. The Morgan fingerprint density at radius 2 is 1.52 bits per heavy atom. The number of hydrogen-bond acceptors (Lipinski definition) is 4. The van der Waals surface area contributed by atoms with Gasteiger partial charge in [0.2, 0.25) is 0 Å². The van der Waals surface area contributed by atoms with Crippen molar-refractivity contribution in [2.45, 2.75) is 6.67 Å². The quantitative estimate of drug-likeness (QED) is 0.348. The molecule has 0 aliphatic heterocycles. The molecule has 7 nitrogen and oxygen atoms in total. The van der Waals surface area contributed by atoms with Crippen molar-refractivity contribution in [2.75, 3.05) is 0 Å². The molecule has 2 aromatic carbocycles. The lowest BCUT2D eigenvalue weighted by atomic mass is 10.1. The maximum Gasteiger partial charge on any atom is 0.389 e. The fourth-order valence-electron chi connectivity index (χ4n) is 2.88. The van der Waals surface area contributed by atoms with Crippen LogP contribution in [-0.4, -0.2) is 24.5 Å². The predicted molar refractivity (Wildman–Crippen MR) is 102 cm³/mol. The van der Waals surface area contributed by atoms with Crippen LogP contribution in [-0.2, 0) is 6.67 Å². The summed E-state index contributed by atoms with van der Waals surface area (Å²) >= 11 is 6.59. The lowest BCUT2D eigenvalue weighted by Crippen LogP contribution is -2.11. The first-order chi connectivity index (χ1) is 13.9. The third-order valence-electron chi connectivity index (χ3n) is 4.22. The number of rotatable bonds is 5. The smallest absolute Gasteiger partial charge is 0.358 e. The van der Waals surface area contributed by atoms with E-state index in [4.69, 9.17) is 11.6 Å². The zero-order chi connectivity index (χ0) is 20.5. The van der Waals surface area contributed by atoms with E-state index >= 15 is 0 Å². The van der Waals surface area contributed by atoms with Crippen molar-refractivity contribution in [3.8, 4) is 22.5 Å². The zero-order valence-corrected chi connectivity index (χ0v) is 15.4. The first-order valence-corrected chi connectivity index (χ1v) is 8.76. The Morgan fingerprint density at radius 1 is 0.931 bits per heavy atom. The summed E-state index contributed by atoms with van der Waals surface area (Å²) in [5.74, 6) is -1.10. The molecule has 0 aliphatic rings. The third kappa shape index (κ3) is 3.72. The van der Waals surface area contributed by atoms with Crippen LogP contribution >= 0.6 is 11.6 Å². The highest BCUT2D eigenvalue weighted by atomic mass is 35.5. The molecular weight excluding hydrogens is 404 g/mol. The van der Waals surface area contributed by atoms with E-state index in [9.17, 15) is 18.9 Å². The summed E-state index contributed by atoms with van der Waals surface area (Å²) in [6.45, 7) is 0.0292. The van der Waals surface area contributed by atoms with Crippen LogP contribution in [0.5, 0.6) is 0 Å². The van der Waals surface area contributed by atoms with Gasteiger partial charge in [0.15, 0.2) is 6.67 Å². The van der Waals surface area contributed by atoms with E-state index in [1.807, 2.05) is 0 Å². The molecule has 0 spiro atoms. The molecule has 0 unspecified atom stereocenters. The van der Waals surface area contributed by atoms with Crippen molar-refractivity contribution in [1.29, 1.82) is 0 Å². The number of nitro groups is 1. The average Bonchev–Trinajstić information content (AvgIpc) is 3.29. The monoisotopic (exact) mass is 415 g/mol. The van der Waals surface area contributed by atoms with Gasteiger partial charge in [-0.1, -0.05) is 11.6 Å². The van der Waals surface area contributed by atoms with Crippen LogP contribution in [0.2, 0.25) is 5.02 Å². The minimum Gasteiger partial charge on any atom is -0.358 e. The molecule has 0 bridgehead atoms. The van der Waals surface area contributed by atoms with E-state index < -0.39 is 16.6 Å². The van der Waals surface area contributed by atoms with Gasteiger partial charge in [-0.3, -0.25) is 0 Å². The van der Waals surface area contributed by atoms with Crippen molar-refractivity contribution in [3.63, 3.8) is 0 Å². The number of aromatic nitrogens is 4. The Morgan fingerprint density at radius 3 is 2.07 bits per heavy atom. The lowest BCUT2D eigenvalue weighted by Gasteiger charge is -2.06. The predicted octanol–water partition coefficient (Wildman–Crippen LogP) is 4.76. The molecule has 29 heavy (non-hydrogen) atoms. The minimum absolute atomic E-state index is 0.0292. The molecule has 4 aromatic rings. The summed E-state index contributed by atoms with van der Waals surface area (Å²) in [6.07, 6.45) is 1.44. The normalized spacial score (nSPS) is 11.0. The minimum atomic E-state index is -0.600. The molecular formula is C19H12ClF2N5O2. The van der Waals surface area contributed by atoms with Gasteiger partial charge in [0.1, 0.15) is 17.3 Å². The summed E-state index contributed by atoms with van der Waals surface area (Å²) in [5, 5.41) is 19.5. The number of halogens is 3. The zero-order valence-electron chi connectivity index (χ0n) is 14.7. The van der Waals surface area contributed by atoms with Gasteiger partial charge in [-0.05, 0) is 53.5 Å². The fraction of sp³-hybridized carbons (Fsp3) is 0.0526. The molecule has 0 atom stereocenters. The van der Waals surface area contributed by atoms with Crippen molar-refractivity contribution in [2.24, 2.45) is 0 Å². The largest absolute Gasteiger partial charge is 0.389 e. The Hall–Kier alpha value is -3.59. The van der Waals surface area contributed by atoms with E-state index in [0.717, 1.165) is 0 Å². The number of hydrogen-bond donors (Lipinski definition) is 0. The molecule has 0 amide bonds. The summed E-state index contributed by atoms with van der Waals surface area (Å²) in [4.78, 5) is 10.3. The van der Waals surface area contributed by atoms with Gasteiger partial charge < -0.3 is 10.1 Å². The highest BCUT2D eigenvalue weighted by molar-refractivity contribution is 6.35. The van der Waals surface area contributed by atoms with E-state index in [1.54, 1.807) is 24.3 Å². The standard InChI is InChI=1S/C19H12ClF2N5O2/c20-17-18(12-1-5-14(21)6-2-12)24-26(11-25-10-9-16(23-25)27(28)29)19(17)13-3-7-15(22)8-4-13/h1-10H,11H2. The van der Waals surface area contributed by atoms with Crippen LogP contribution in [0, 0.1) is 21.7 Å². The Balaban J connectivity index is 1.83. The first kappa shape index (κ1) is 18.8. The third-order valence-corrected chi connectivity index (χ3v) is 4.58. The summed E-state index contributed by atoms with van der Waals surface area (Å²) in [6, 6.07) is 12.6. The van der Waals surface area contributed by atoms with Crippen molar-refractivity contribution < 1.29 is 13.7 Å². The molecule has 2 aromatic heterocycles. The second-order valence-corrected chi connectivity index (χ2v) is 6.51. The van der Waals surface area contributed by atoms with Crippen molar-refractivity contribution in [1.82, 2.24) is 19.6 Å². The SMILES string of the molecule is O=[N+]([O-])c1ccn(Cn2nc(-c3ccc(F)cc3)c(Cl)c2-c2ccc(F)cc2)n1. The maximum atomic E-state index is 13.4. The fourth-order valence-corrected chi connectivity index (χ4v) is 3.24. The summed E-state index contributed by atoms with van der Waals surface area (Å²) in [7, 11) is 0. The summed E-state index contributed by atoms with van der Waals surface area (Å²) < 4.78 is 29.5. The van der Waals surface area contributed by atoms with Crippen LogP contribution in [0.4, 0.5) is 14.6 Å². The topological polar surface area (TPSA) is 78.8 Å². The Kier molecular flexibility index (Phi) is 4.81. The van der Waals surface area contributed by atoms with E-state index in [0.29, 0.717) is 22.5 Å². The number of benzene rings is 2. The van der Waals surface area contributed by atoms with Gasteiger partial charge >= 0.3 is 5.82 Å². The molecule has 0 aliphatic carbocycles. The van der Waals surface area contributed by atoms with E-state index in [-0.39, 0.29) is 17.5 Å². The molecule has 146 valence electrons. The molecule has 0 N–H and O–H groups in total. The maximum absolute atomic E-state index is 13.4. The highest BCUT2D eigenvalue weighted by Gasteiger charge is 2.21. The van der Waals surface area contributed by atoms with E-state index in [1.165, 1.54) is 45.9 Å². The van der Waals surface area contributed by atoms with Crippen molar-refractivity contribution >= 4 is 17.4 Å². The van der Waals surface area contributed by atoms with Crippen molar-refractivity contribution in [3.05, 3.63) is 87.6 Å². The highest BCUT2D eigenvalue weighted by Crippen LogP contribution is 2.36. The lowest BCUT2D eigenvalue weighted by molar-refractivity contribution is -0.389. The van der Waals surface area contributed by atoms with Crippen LogP contribution in [0.3, 0.4) is 0 Å². The Labute approximate surface area is 167 Å². The summed E-state index contributed by atoms with van der Waals surface area (Å²) in [5.41, 5.74) is 2.06. The van der Waals surface area contributed by atoms with Crippen LogP contribution in [0.1, 0.15) is 0 Å². The van der Waals surface area contributed by atoms with Gasteiger partial charge in [0.05, 0.1) is 28.1 Å². The van der Waals surface area contributed by atoms with Crippen LogP contribution in [0.25, 0.3) is 22.5 Å². The number of nitrogens with zero attached hydrogens (tertiary/aromatic N) is 5. The second kappa shape index (κ2) is 7.44. The van der Waals surface area contributed by atoms with Gasteiger partial charge in [0, 0.05) is 11.1 Å². The molecule has 0 radical (unpaired) electrons. The van der Waals surface area contributed by atoms with E-state index in [2.05, 4.69) is 10.2 Å². The second-order valence-electron chi connectivity index (χ2n) is 6.14. The first-order valence-electron chi connectivity index (χ1n) is 8.38. The Bertz CT molecular complexity index is 1190. The van der Waals surface area contributed by atoms with Gasteiger partial charge in [0.25, 0.3) is 0 Å². The van der Waals surface area contributed by atoms with Crippen LogP contribution in [0.15, 0.2) is 60.8 Å². The molecule has 0 fully saturated rings. The molecule has 4 rings (SSSR count). The molecule has 10 heteroatoms. The van der Waals surface area contributed by atoms with Crippen LogP contribution < -0.4 is 0 Å². The van der Waals surface area contributed by atoms with Gasteiger partial charge in [-0.2, -0.15) is 9.78 Å². The molecule has 0 saturated carbocycles. The van der Waals surface area contributed by atoms with Gasteiger partial charge in [-0.25, -0.2) is 13.5 Å². The molecule has 0 saturated heterocycles.